The Balaban J connectivity index is 2.11. The van der Waals surface area contributed by atoms with Gasteiger partial charge in [-0.2, -0.15) is 0 Å². The van der Waals surface area contributed by atoms with Crippen LogP contribution >= 0.6 is 11.3 Å². The minimum atomic E-state index is 0.0468. The fraction of sp³-hybridized carbons (Fsp3) is 0.294. The van der Waals surface area contributed by atoms with Crippen molar-refractivity contribution in [2.75, 3.05) is 7.11 Å². The Kier molecular flexibility index (Phi) is 4.24. The summed E-state index contributed by atoms with van der Waals surface area (Å²) in [5.74, 6) is 0.807. The van der Waals surface area contributed by atoms with Crippen molar-refractivity contribution < 1.29 is 4.74 Å². The molecular formula is C17H18N2O2S. The maximum Gasteiger partial charge on any atom is 0.262 e. The third-order valence-corrected chi connectivity index (χ3v) is 4.60. The van der Waals surface area contributed by atoms with Crippen LogP contribution in [0.25, 0.3) is 21.3 Å². The first-order chi connectivity index (χ1) is 10.7. The molecular weight excluding hydrogens is 296 g/mol. The highest BCUT2D eigenvalue weighted by Gasteiger charge is 2.13. The van der Waals surface area contributed by atoms with Gasteiger partial charge in [0.25, 0.3) is 5.56 Å². The second kappa shape index (κ2) is 6.32. The summed E-state index contributed by atoms with van der Waals surface area (Å²) in [6.07, 6.45) is 3.70. The molecule has 5 heteroatoms. The summed E-state index contributed by atoms with van der Waals surface area (Å²) in [5.41, 5.74) is 2.01. The van der Waals surface area contributed by atoms with E-state index in [2.05, 4.69) is 11.9 Å². The molecule has 1 aromatic carbocycles. The fourth-order valence-corrected chi connectivity index (χ4v) is 3.34. The molecule has 2 heterocycles. The van der Waals surface area contributed by atoms with E-state index in [1.165, 1.54) is 11.3 Å². The van der Waals surface area contributed by atoms with Gasteiger partial charge >= 0.3 is 0 Å². The van der Waals surface area contributed by atoms with Crippen LogP contribution < -0.4 is 10.3 Å². The van der Waals surface area contributed by atoms with Gasteiger partial charge in [-0.1, -0.05) is 25.5 Å². The van der Waals surface area contributed by atoms with Crippen molar-refractivity contribution in [1.82, 2.24) is 9.55 Å². The summed E-state index contributed by atoms with van der Waals surface area (Å²) in [4.78, 5) is 17.9. The summed E-state index contributed by atoms with van der Waals surface area (Å²) >= 11 is 1.51. The zero-order chi connectivity index (χ0) is 15.5. The Hall–Kier alpha value is -2.14. The smallest absolute Gasteiger partial charge is 0.262 e. The Morgan fingerprint density at radius 2 is 2.05 bits per heavy atom. The quantitative estimate of drug-likeness (QED) is 0.716. The van der Waals surface area contributed by atoms with Gasteiger partial charge in [-0.25, -0.2) is 4.98 Å². The predicted octanol–water partition coefficient (Wildman–Crippen LogP) is 3.93. The molecule has 0 spiro atoms. The van der Waals surface area contributed by atoms with E-state index in [9.17, 15) is 4.79 Å². The number of methoxy groups -OCH3 is 1. The van der Waals surface area contributed by atoms with Crippen LogP contribution in [-0.2, 0) is 6.54 Å². The monoisotopic (exact) mass is 314 g/mol. The lowest BCUT2D eigenvalue weighted by atomic mass is 10.1. The van der Waals surface area contributed by atoms with Crippen molar-refractivity contribution in [2.45, 2.75) is 26.3 Å². The number of nitrogens with zero attached hydrogens (tertiary/aromatic N) is 2. The number of hydrogen-bond donors (Lipinski definition) is 0. The summed E-state index contributed by atoms with van der Waals surface area (Å²) in [7, 11) is 1.64. The van der Waals surface area contributed by atoms with Gasteiger partial charge in [0.2, 0.25) is 0 Å². The van der Waals surface area contributed by atoms with Crippen LogP contribution in [-0.4, -0.2) is 16.7 Å². The first kappa shape index (κ1) is 14.8. The van der Waals surface area contributed by atoms with E-state index in [0.29, 0.717) is 5.39 Å². The summed E-state index contributed by atoms with van der Waals surface area (Å²) < 4.78 is 6.90. The topological polar surface area (TPSA) is 44.1 Å². The average Bonchev–Trinajstić information content (AvgIpc) is 2.99. The van der Waals surface area contributed by atoms with Crippen molar-refractivity contribution in [3.8, 4) is 16.9 Å². The van der Waals surface area contributed by atoms with E-state index >= 15 is 0 Å². The lowest BCUT2D eigenvalue weighted by Gasteiger charge is -2.05. The molecule has 0 amide bonds. The fourth-order valence-electron chi connectivity index (χ4n) is 2.44. The third kappa shape index (κ3) is 2.64. The SMILES string of the molecule is CCCCn1cnc2scc(-c3ccc(OC)cc3)c2c1=O. The second-order valence-corrected chi connectivity index (χ2v) is 6.01. The normalized spacial score (nSPS) is 11.0. The number of ether oxygens (including phenoxy) is 1. The summed E-state index contributed by atoms with van der Waals surface area (Å²) in [5, 5.41) is 2.72. The number of aromatic nitrogens is 2. The van der Waals surface area contributed by atoms with E-state index in [1.807, 2.05) is 29.6 Å². The molecule has 3 rings (SSSR count). The molecule has 0 saturated heterocycles. The molecule has 0 radical (unpaired) electrons. The van der Waals surface area contributed by atoms with Crippen molar-refractivity contribution in [2.24, 2.45) is 0 Å². The first-order valence-corrected chi connectivity index (χ1v) is 8.23. The van der Waals surface area contributed by atoms with Crippen LogP contribution in [0.3, 0.4) is 0 Å². The van der Waals surface area contributed by atoms with Crippen molar-refractivity contribution in [3.05, 3.63) is 46.3 Å². The largest absolute Gasteiger partial charge is 0.497 e. The van der Waals surface area contributed by atoms with Crippen LogP contribution in [0.15, 0.2) is 40.8 Å². The lowest BCUT2D eigenvalue weighted by molar-refractivity contribution is 0.415. The molecule has 4 nitrogen and oxygen atoms in total. The molecule has 0 N–H and O–H groups in total. The Labute approximate surface area is 133 Å². The third-order valence-electron chi connectivity index (χ3n) is 3.71. The van der Waals surface area contributed by atoms with Crippen LogP contribution in [0, 0.1) is 0 Å². The van der Waals surface area contributed by atoms with Crippen LogP contribution in [0.1, 0.15) is 19.8 Å². The van der Waals surface area contributed by atoms with Gasteiger partial charge in [0.1, 0.15) is 10.6 Å². The van der Waals surface area contributed by atoms with Gasteiger partial charge in [0, 0.05) is 17.5 Å². The number of aryl methyl sites for hydroxylation is 1. The van der Waals surface area contributed by atoms with Crippen molar-refractivity contribution >= 4 is 21.6 Å². The maximum absolute atomic E-state index is 12.7. The van der Waals surface area contributed by atoms with Gasteiger partial charge < -0.3 is 4.74 Å². The second-order valence-electron chi connectivity index (χ2n) is 5.15. The lowest BCUT2D eigenvalue weighted by Crippen LogP contribution is -2.20. The highest BCUT2D eigenvalue weighted by molar-refractivity contribution is 7.17. The van der Waals surface area contributed by atoms with Crippen LogP contribution in [0.4, 0.5) is 0 Å². The Bertz CT molecular complexity index is 834. The predicted molar refractivity (Wildman–Crippen MR) is 90.8 cm³/mol. The number of benzene rings is 1. The first-order valence-electron chi connectivity index (χ1n) is 7.35. The van der Waals surface area contributed by atoms with Gasteiger partial charge in [-0.05, 0) is 24.1 Å². The highest BCUT2D eigenvalue weighted by atomic mass is 32.1. The number of unbranched alkanes of at least 4 members (excludes halogenated alkanes) is 1. The average molecular weight is 314 g/mol. The molecule has 0 aliphatic carbocycles. The maximum atomic E-state index is 12.7. The van der Waals surface area contributed by atoms with Gasteiger partial charge in [-0.15, -0.1) is 11.3 Å². The van der Waals surface area contributed by atoms with E-state index in [1.54, 1.807) is 18.0 Å². The van der Waals surface area contributed by atoms with E-state index in [0.717, 1.165) is 41.1 Å². The van der Waals surface area contributed by atoms with Gasteiger partial charge in [0.05, 0.1) is 18.8 Å². The van der Waals surface area contributed by atoms with Gasteiger partial charge in [-0.3, -0.25) is 9.36 Å². The van der Waals surface area contributed by atoms with Crippen LogP contribution in [0.2, 0.25) is 0 Å². The number of hydrogen-bond acceptors (Lipinski definition) is 4. The van der Waals surface area contributed by atoms with E-state index in [-0.39, 0.29) is 5.56 Å². The standard InChI is InChI=1S/C17H18N2O2S/c1-3-4-9-19-11-18-16-15(17(19)20)14(10-22-16)12-5-7-13(21-2)8-6-12/h5-8,10-11H,3-4,9H2,1-2H3. The Morgan fingerprint density at radius 1 is 1.27 bits per heavy atom. The molecule has 0 aliphatic heterocycles. The minimum Gasteiger partial charge on any atom is -0.497 e. The van der Waals surface area contributed by atoms with Crippen LogP contribution in [0.5, 0.6) is 5.75 Å². The molecule has 114 valence electrons. The summed E-state index contributed by atoms with van der Waals surface area (Å²) in [6, 6.07) is 7.77. The Morgan fingerprint density at radius 3 is 2.73 bits per heavy atom. The molecule has 3 aromatic rings. The molecule has 2 aromatic heterocycles. The molecule has 0 atom stereocenters. The van der Waals surface area contributed by atoms with E-state index in [4.69, 9.17) is 4.74 Å². The number of fused-ring (bicyclic) bond motifs is 1. The zero-order valence-corrected chi connectivity index (χ0v) is 13.5. The molecule has 22 heavy (non-hydrogen) atoms. The molecule has 0 unspecified atom stereocenters. The van der Waals surface area contributed by atoms with Crippen molar-refractivity contribution in [1.29, 1.82) is 0 Å². The molecule has 0 saturated carbocycles. The molecule has 0 fully saturated rings. The number of rotatable bonds is 5. The molecule has 0 aliphatic rings. The summed E-state index contributed by atoms with van der Waals surface area (Å²) in [6.45, 7) is 2.83. The zero-order valence-electron chi connectivity index (χ0n) is 12.7. The highest BCUT2D eigenvalue weighted by Crippen LogP contribution is 2.31. The van der Waals surface area contributed by atoms with Gasteiger partial charge in [0.15, 0.2) is 0 Å². The minimum absolute atomic E-state index is 0.0468. The molecule has 0 bridgehead atoms. The van der Waals surface area contributed by atoms with Crippen molar-refractivity contribution in [3.63, 3.8) is 0 Å². The number of thiophene rings is 1. The van der Waals surface area contributed by atoms with E-state index < -0.39 is 0 Å².